The minimum Gasteiger partial charge on any atom is -0.373 e. The molecule has 1 heterocycles. The second kappa shape index (κ2) is 10.6. The van der Waals surface area contributed by atoms with Crippen molar-refractivity contribution in [1.29, 1.82) is 0 Å². The number of rotatable bonds is 7. The van der Waals surface area contributed by atoms with Gasteiger partial charge in [0.15, 0.2) is 0 Å². The molecule has 2 amide bonds. The molecule has 2 aromatic carbocycles. The molecule has 0 saturated carbocycles. The number of hydrogen-bond donors (Lipinski definition) is 1. The predicted octanol–water partition coefficient (Wildman–Crippen LogP) is 2.86. The topological polar surface area (TPSA) is 96.0 Å². The highest BCUT2D eigenvalue weighted by molar-refractivity contribution is 7.89. The van der Waals surface area contributed by atoms with Gasteiger partial charge in [-0.05, 0) is 57.2 Å². The molecule has 8 nitrogen and oxygen atoms in total. The number of ether oxygens (including phenoxy) is 1. The summed E-state index contributed by atoms with van der Waals surface area (Å²) in [6.07, 6.45) is -0.469. The zero-order valence-corrected chi connectivity index (χ0v) is 19.9. The number of anilines is 1. The number of hydrogen-bond acceptors (Lipinski definition) is 5. The molecule has 1 N–H and O–H groups in total. The van der Waals surface area contributed by atoms with Crippen molar-refractivity contribution < 1.29 is 31.5 Å². The van der Waals surface area contributed by atoms with E-state index >= 15 is 0 Å². The van der Waals surface area contributed by atoms with E-state index in [0.29, 0.717) is 0 Å². The van der Waals surface area contributed by atoms with Crippen LogP contribution in [0.15, 0.2) is 47.4 Å². The summed E-state index contributed by atoms with van der Waals surface area (Å²) in [6, 6.07) is 8.63. The minimum atomic E-state index is -3.76. The maximum atomic E-state index is 13.8. The number of halogens is 2. The van der Waals surface area contributed by atoms with E-state index in [2.05, 4.69) is 5.32 Å². The van der Waals surface area contributed by atoms with Crippen molar-refractivity contribution in [2.45, 2.75) is 37.9 Å². The van der Waals surface area contributed by atoms with E-state index in [-0.39, 0.29) is 42.3 Å². The Bertz CT molecular complexity index is 1130. The lowest BCUT2D eigenvalue weighted by Crippen LogP contribution is -2.48. The molecular weight excluding hydrogens is 468 g/mol. The molecule has 0 unspecified atom stereocenters. The van der Waals surface area contributed by atoms with E-state index in [1.165, 1.54) is 39.5 Å². The van der Waals surface area contributed by atoms with E-state index in [9.17, 15) is 26.8 Å². The number of benzene rings is 2. The average Bonchev–Trinajstić information content (AvgIpc) is 2.79. The smallest absolute Gasteiger partial charge is 0.254 e. The van der Waals surface area contributed by atoms with Crippen LogP contribution in [0.3, 0.4) is 0 Å². The summed E-state index contributed by atoms with van der Waals surface area (Å²) in [7, 11) is -3.76. The number of carbonyl (C=O) groups is 2. The van der Waals surface area contributed by atoms with Crippen molar-refractivity contribution in [3.8, 4) is 0 Å². The molecule has 1 saturated heterocycles. The van der Waals surface area contributed by atoms with E-state index < -0.39 is 45.7 Å². The Kier molecular flexibility index (Phi) is 8.01. The van der Waals surface area contributed by atoms with Crippen molar-refractivity contribution in [2.75, 3.05) is 31.5 Å². The molecular formula is C23H27F2N3O5S. The molecule has 11 heteroatoms. The number of nitrogens with one attached hydrogen (secondary N) is 1. The first kappa shape index (κ1) is 25.7. The van der Waals surface area contributed by atoms with E-state index in [1.54, 1.807) is 20.8 Å². The van der Waals surface area contributed by atoms with Gasteiger partial charge in [-0.3, -0.25) is 9.59 Å². The van der Waals surface area contributed by atoms with Crippen LogP contribution >= 0.6 is 0 Å². The fourth-order valence-corrected chi connectivity index (χ4v) is 5.32. The van der Waals surface area contributed by atoms with Crippen LogP contribution in [0.25, 0.3) is 0 Å². The van der Waals surface area contributed by atoms with Crippen molar-refractivity contribution >= 4 is 27.5 Å². The third-order valence-electron chi connectivity index (χ3n) is 5.36. The van der Waals surface area contributed by atoms with Gasteiger partial charge < -0.3 is 15.0 Å². The number of sulfonamides is 1. The van der Waals surface area contributed by atoms with Crippen LogP contribution in [-0.2, 0) is 19.6 Å². The molecule has 3 rings (SSSR count). The Morgan fingerprint density at radius 3 is 2.15 bits per heavy atom. The first-order chi connectivity index (χ1) is 16.0. The Balaban J connectivity index is 1.70. The molecule has 0 radical (unpaired) electrons. The van der Waals surface area contributed by atoms with Crippen molar-refractivity contribution in [1.82, 2.24) is 9.21 Å². The molecule has 1 aliphatic rings. The number of carbonyl (C=O) groups excluding carboxylic acids is 2. The lowest BCUT2D eigenvalue weighted by molar-refractivity contribution is -0.116. The highest BCUT2D eigenvalue weighted by atomic mass is 32.2. The zero-order chi connectivity index (χ0) is 25.0. The summed E-state index contributed by atoms with van der Waals surface area (Å²) in [6.45, 7) is 5.42. The number of nitrogens with zero attached hydrogens (tertiary/aromatic N) is 2. The SMILES string of the molecule is CCN(CC(=O)Nc1c(F)cccc1F)C(=O)c1ccc(S(=O)(=O)N2C[C@@H](C)O[C@H](C)C2)cc1. The Morgan fingerprint density at radius 1 is 1.06 bits per heavy atom. The van der Waals surface area contributed by atoms with Gasteiger partial charge >= 0.3 is 0 Å². The molecule has 1 aliphatic heterocycles. The monoisotopic (exact) mass is 495 g/mol. The van der Waals surface area contributed by atoms with Crippen LogP contribution in [0.5, 0.6) is 0 Å². The molecule has 0 spiro atoms. The quantitative estimate of drug-likeness (QED) is 0.637. The predicted molar refractivity (Wildman–Crippen MR) is 122 cm³/mol. The van der Waals surface area contributed by atoms with Crippen molar-refractivity contribution in [2.24, 2.45) is 0 Å². The lowest BCUT2D eigenvalue weighted by Gasteiger charge is -2.34. The highest BCUT2D eigenvalue weighted by Crippen LogP contribution is 2.22. The molecule has 2 atom stereocenters. The maximum absolute atomic E-state index is 13.8. The van der Waals surface area contributed by atoms with Crippen molar-refractivity contribution in [3.05, 3.63) is 59.7 Å². The number of morpholine rings is 1. The van der Waals surface area contributed by atoms with Gasteiger partial charge in [0.25, 0.3) is 5.91 Å². The van der Waals surface area contributed by atoms with Gasteiger partial charge in [0.05, 0.1) is 17.1 Å². The fraction of sp³-hybridized carbons (Fsp3) is 0.391. The summed E-state index contributed by atoms with van der Waals surface area (Å²) < 4.78 is 60.5. The van der Waals surface area contributed by atoms with E-state index in [1.807, 2.05) is 0 Å². The largest absolute Gasteiger partial charge is 0.373 e. The summed E-state index contributed by atoms with van der Waals surface area (Å²) in [5.74, 6) is -3.15. The second-order valence-corrected chi connectivity index (χ2v) is 10.0. The molecule has 184 valence electrons. The first-order valence-corrected chi connectivity index (χ1v) is 12.3. The molecule has 2 aromatic rings. The number of amides is 2. The van der Waals surface area contributed by atoms with Gasteiger partial charge in [0, 0.05) is 25.2 Å². The van der Waals surface area contributed by atoms with Crippen LogP contribution in [0.2, 0.25) is 0 Å². The van der Waals surface area contributed by atoms with Gasteiger partial charge in [-0.2, -0.15) is 4.31 Å². The van der Waals surface area contributed by atoms with Gasteiger partial charge in [0.2, 0.25) is 15.9 Å². The van der Waals surface area contributed by atoms with Crippen LogP contribution in [-0.4, -0.2) is 67.8 Å². The molecule has 34 heavy (non-hydrogen) atoms. The summed E-state index contributed by atoms with van der Waals surface area (Å²) >= 11 is 0. The van der Waals surface area contributed by atoms with E-state index in [4.69, 9.17) is 4.74 Å². The summed E-state index contributed by atoms with van der Waals surface area (Å²) in [4.78, 5) is 26.4. The minimum absolute atomic E-state index is 0.0427. The Hall–Kier alpha value is -2.89. The Labute approximate surface area is 197 Å². The van der Waals surface area contributed by atoms with Gasteiger partial charge in [-0.25, -0.2) is 17.2 Å². The molecule has 0 bridgehead atoms. The summed E-state index contributed by atoms with van der Waals surface area (Å²) in [5.41, 5.74) is -0.410. The van der Waals surface area contributed by atoms with Gasteiger partial charge in [-0.1, -0.05) is 6.07 Å². The second-order valence-electron chi connectivity index (χ2n) is 8.07. The summed E-state index contributed by atoms with van der Waals surface area (Å²) in [5, 5.41) is 2.14. The lowest BCUT2D eigenvalue weighted by atomic mass is 10.2. The van der Waals surface area contributed by atoms with Crippen LogP contribution in [0.4, 0.5) is 14.5 Å². The zero-order valence-electron chi connectivity index (χ0n) is 19.1. The van der Waals surface area contributed by atoms with Crippen LogP contribution in [0, 0.1) is 11.6 Å². The van der Waals surface area contributed by atoms with Gasteiger partial charge in [-0.15, -0.1) is 0 Å². The number of likely N-dealkylation sites (N-methyl/N-ethyl adjacent to an activating group) is 1. The standard InChI is InChI=1S/C23H27F2N3O5S/c1-4-27(14-21(29)26-22-19(24)6-5-7-20(22)25)23(30)17-8-10-18(11-9-17)34(31,32)28-12-15(2)33-16(3)13-28/h5-11,15-16H,4,12-14H2,1-3H3,(H,26,29)/t15-,16-/m1/s1. The Morgan fingerprint density at radius 2 is 1.62 bits per heavy atom. The van der Waals surface area contributed by atoms with Crippen molar-refractivity contribution in [3.63, 3.8) is 0 Å². The van der Waals surface area contributed by atoms with Crippen LogP contribution < -0.4 is 5.32 Å². The third-order valence-corrected chi connectivity index (χ3v) is 7.20. The molecule has 0 aliphatic carbocycles. The molecule has 1 fully saturated rings. The molecule has 0 aromatic heterocycles. The average molecular weight is 496 g/mol. The van der Waals surface area contributed by atoms with Gasteiger partial charge in [0.1, 0.15) is 23.9 Å². The first-order valence-electron chi connectivity index (χ1n) is 10.8. The highest BCUT2D eigenvalue weighted by Gasteiger charge is 2.32. The maximum Gasteiger partial charge on any atom is 0.254 e. The number of para-hydroxylation sites is 1. The van der Waals surface area contributed by atoms with E-state index in [0.717, 1.165) is 12.1 Å². The normalized spacial score (nSPS) is 19.0. The fourth-order valence-electron chi connectivity index (χ4n) is 3.72. The third kappa shape index (κ3) is 5.78. The van der Waals surface area contributed by atoms with Crippen LogP contribution in [0.1, 0.15) is 31.1 Å².